The Kier molecular flexibility index (Phi) is 2.93. The zero-order chi connectivity index (χ0) is 12.4. The van der Waals surface area contributed by atoms with Crippen LogP contribution in [0.2, 0.25) is 0 Å². The van der Waals surface area contributed by atoms with Gasteiger partial charge in [-0.25, -0.2) is 0 Å². The number of hydrogen-bond donors (Lipinski definition) is 0. The Morgan fingerprint density at radius 2 is 1.78 bits per heavy atom. The molecule has 6 heteroatoms. The van der Waals surface area contributed by atoms with Gasteiger partial charge in [-0.2, -0.15) is 15.0 Å². The molecule has 0 saturated carbocycles. The highest BCUT2D eigenvalue weighted by Crippen LogP contribution is 2.07. The quantitative estimate of drug-likeness (QED) is 0.764. The van der Waals surface area contributed by atoms with Crippen LogP contribution < -0.4 is 0 Å². The molecule has 0 radical (unpaired) electrons. The number of rotatable bonds is 2. The highest BCUT2D eigenvalue weighted by atomic mass is 16.5. The third kappa shape index (κ3) is 2.19. The minimum atomic E-state index is 0.0404. The second kappa shape index (κ2) is 4.73. The summed E-state index contributed by atoms with van der Waals surface area (Å²) in [7, 11) is 0. The van der Waals surface area contributed by atoms with Crippen LogP contribution in [0.5, 0.6) is 0 Å². The zero-order valence-electron chi connectivity index (χ0n) is 9.95. The predicted octanol–water partition coefficient (Wildman–Crippen LogP) is 0.290. The Labute approximate surface area is 104 Å². The van der Waals surface area contributed by atoms with Crippen LogP contribution in [-0.4, -0.2) is 52.1 Å². The summed E-state index contributed by atoms with van der Waals surface area (Å²) >= 11 is 0. The molecule has 94 valence electrons. The molecule has 0 atom stereocenters. The van der Waals surface area contributed by atoms with Gasteiger partial charge in [-0.3, -0.25) is 4.79 Å². The van der Waals surface area contributed by atoms with Crippen LogP contribution in [0.25, 0.3) is 11.0 Å². The first-order valence-corrected chi connectivity index (χ1v) is 5.98. The lowest BCUT2D eigenvalue weighted by Gasteiger charge is -2.26. The van der Waals surface area contributed by atoms with Gasteiger partial charge in [0.15, 0.2) is 0 Å². The van der Waals surface area contributed by atoms with E-state index < -0.39 is 0 Å². The molecule has 1 aromatic heterocycles. The van der Waals surface area contributed by atoms with Crippen LogP contribution in [0.15, 0.2) is 24.3 Å². The molecule has 0 bridgehead atoms. The third-order valence-corrected chi connectivity index (χ3v) is 2.97. The number of fused-ring (bicyclic) bond motifs is 1. The van der Waals surface area contributed by atoms with E-state index in [0.29, 0.717) is 26.3 Å². The summed E-state index contributed by atoms with van der Waals surface area (Å²) in [5, 5.41) is 8.55. The molecule has 1 saturated heterocycles. The van der Waals surface area contributed by atoms with Crippen molar-refractivity contribution < 1.29 is 9.53 Å². The van der Waals surface area contributed by atoms with Gasteiger partial charge in [0.2, 0.25) is 5.91 Å². The van der Waals surface area contributed by atoms with E-state index in [-0.39, 0.29) is 12.5 Å². The van der Waals surface area contributed by atoms with Crippen LogP contribution in [0.1, 0.15) is 0 Å². The van der Waals surface area contributed by atoms with Crippen LogP contribution in [0.4, 0.5) is 0 Å². The molecule has 0 aliphatic carbocycles. The molecule has 1 aromatic carbocycles. The van der Waals surface area contributed by atoms with E-state index in [1.54, 1.807) is 4.90 Å². The molecule has 0 N–H and O–H groups in total. The molecular weight excluding hydrogens is 232 g/mol. The smallest absolute Gasteiger partial charge is 0.246 e. The normalized spacial score (nSPS) is 16.1. The van der Waals surface area contributed by atoms with Gasteiger partial charge in [0, 0.05) is 13.1 Å². The molecule has 1 fully saturated rings. The molecule has 1 amide bonds. The number of aromatic nitrogens is 3. The van der Waals surface area contributed by atoms with Crippen molar-refractivity contribution in [1.29, 1.82) is 0 Å². The Bertz CT molecular complexity index is 527. The summed E-state index contributed by atoms with van der Waals surface area (Å²) in [5.41, 5.74) is 1.62. The molecule has 2 heterocycles. The molecule has 0 unspecified atom stereocenters. The first-order valence-electron chi connectivity index (χ1n) is 5.98. The number of morpholine rings is 1. The first kappa shape index (κ1) is 11.2. The molecule has 2 aromatic rings. The third-order valence-electron chi connectivity index (χ3n) is 2.97. The fourth-order valence-corrected chi connectivity index (χ4v) is 2.01. The number of amides is 1. The first-order chi connectivity index (χ1) is 8.83. The Morgan fingerprint density at radius 1 is 1.17 bits per heavy atom. The minimum Gasteiger partial charge on any atom is -0.378 e. The van der Waals surface area contributed by atoms with Crippen molar-refractivity contribution in [3.63, 3.8) is 0 Å². The Balaban J connectivity index is 1.73. The van der Waals surface area contributed by atoms with Gasteiger partial charge in [-0.1, -0.05) is 12.1 Å². The molecule has 6 nitrogen and oxygen atoms in total. The van der Waals surface area contributed by atoms with Crippen LogP contribution in [0, 0.1) is 0 Å². The van der Waals surface area contributed by atoms with E-state index in [9.17, 15) is 4.79 Å². The average molecular weight is 246 g/mol. The van der Waals surface area contributed by atoms with E-state index in [1.165, 1.54) is 4.80 Å². The zero-order valence-corrected chi connectivity index (χ0v) is 9.95. The van der Waals surface area contributed by atoms with Crippen LogP contribution >= 0.6 is 0 Å². The molecule has 18 heavy (non-hydrogen) atoms. The number of carbonyl (C=O) groups is 1. The molecule has 3 rings (SSSR count). The second-order valence-corrected chi connectivity index (χ2v) is 4.21. The van der Waals surface area contributed by atoms with Gasteiger partial charge in [0.25, 0.3) is 0 Å². The Morgan fingerprint density at radius 3 is 2.39 bits per heavy atom. The second-order valence-electron chi connectivity index (χ2n) is 4.21. The summed E-state index contributed by atoms with van der Waals surface area (Å²) in [4.78, 5) is 15.3. The fraction of sp³-hybridized carbons (Fsp3) is 0.417. The van der Waals surface area contributed by atoms with Crippen molar-refractivity contribution in [1.82, 2.24) is 19.9 Å². The van der Waals surface area contributed by atoms with Crippen LogP contribution in [0.3, 0.4) is 0 Å². The average Bonchev–Trinajstić information content (AvgIpc) is 2.82. The largest absolute Gasteiger partial charge is 0.378 e. The van der Waals surface area contributed by atoms with Crippen molar-refractivity contribution in [2.24, 2.45) is 0 Å². The van der Waals surface area contributed by atoms with Gasteiger partial charge in [-0.15, -0.1) is 0 Å². The molecule has 1 aliphatic rings. The standard InChI is InChI=1S/C12H14N4O2/c17-12(15-5-7-18-8-6-15)9-16-13-10-3-1-2-4-11(10)14-16/h1-4H,5-9H2. The van der Waals surface area contributed by atoms with Gasteiger partial charge in [0.05, 0.1) is 13.2 Å². The van der Waals surface area contributed by atoms with E-state index in [4.69, 9.17) is 4.74 Å². The maximum atomic E-state index is 12.0. The van der Waals surface area contributed by atoms with Crippen molar-refractivity contribution in [2.75, 3.05) is 26.3 Å². The molecule has 0 spiro atoms. The van der Waals surface area contributed by atoms with Gasteiger partial charge < -0.3 is 9.64 Å². The maximum absolute atomic E-state index is 12.0. The Hall–Kier alpha value is -1.95. The van der Waals surface area contributed by atoms with Crippen molar-refractivity contribution in [3.8, 4) is 0 Å². The van der Waals surface area contributed by atoms with Crippen LogP contribution in [-0.2, 0) is 16.1 Å². The lowest BCUT2D eigenvalue weighted by atomic mass is 10.3. The van der Waals surface area contributed by atoms with Crippen molar-refractivity contribution in [3.05, 3.63) is 24.3 Å². The molecule has 1 aliphatic heterocycles. The van der Waals surface area contributed by atoms with E-state index in [0.717, 1.165) is 11.0 Å². The van der Waals surface area contributed by atoms with Gasteiger partial charge >= 0.3 is 0 Å². The lowest BCUT2D eigenvalue weighted by molar-refractivity contribution is -0.136. The summed E-state index contributed by atoms with van der Waals surface area (Å²) < 4.78 is 5.22. The summed E-state index contributed by atoms with van der Waals surface area (Å²) in [6.07, 6.45) is 0. The highest BCUT2D eigenvalue weighted by Gasteiger charge is 2.17. The summed E-state index contributed by atoms with van der Waals surface area (Å²) in [6, 6.07) is 7.59. The highest BCUT2D eigenvalue weighted by molar-refractivity contribution is 5.77. The number of hydrogen-bond acceptors (Lipinski definition) is 4. The number of carbonyl (C=O) groups excluding carboxylic acids is 1. The number of nitrogens with zero attached hydrogens (tertiary/aromatic N) is 4. The van der Waals surface area contributed by atoms with Crippen molar-refractivity contribution in [2.45, 2.75) is 6.54 Å². The predicted molar refractivity (Wildman–Crippen MR) is 64.9 cm³/mol. The SMILES string of the molecule is O=C(Cn1nc2ccccc2n1)N1CCOCC1. The molecular formula is C12H14N4O2. The topological polar surface area (TPSA) is 60.2 Å². The number of benzene rings is 1. The number of ether oxygens (including phenoxy) is 1. The lowest BCUT2D eigenvalue weighted by Crippen LogP contribution is -2.42. The maximum Gasteiger partial charge on any atom is 0.246 e. The van der Waals surface area contributed by atoms with E-state index in [1.807, 2.05) is 24.3 Å². The summed E-state index contributed by atoms with van der Waals surface area (Å²) in [5.74, 6) is 0.0404. The van der Waals surface area contributed by atoms with Crippen molar-refractivity contribution >= 4 is 16.9 Å². The minimum absolute atomic E-state index is 0.0404. The van der Waals surface area contributed by atoms with E-state index >= 15 is 0 Å². The van der Waals surface area contributed by atoms with Gasteiger partial charge in [-0.05, 0) is 12.1 Å². The summed E-state index contributed by atoms with van der Waals surface area (Å²) in [6.45, 7) is 2.72. The monoisotopic (exact) mass is 246 g/mol. The van der Waals surface area contributed by atoms with Gasteiger partial charge in [0.1, 0.15) is 17.6 Å². The fourth-order valence-electron chi connectivity index (χ4n) is 2.01. The van der Waals surface area contributed by atoms with E-state index in [2.05, 4.69) is 10.2 Å².